The van der Waals surface area contributed by atoms with E-state index >= 15 is 0 Å². The van der Waals surface area contributed by atoms with E-state index in [4.69, 9.17) is 9.47 Å². The molecule has 1 heterocycles. The highest BCUT2D eigenvalue weighted by Gasteiger charge is 2.12. The highest BCUT2D eigenvalue weighted by molar-refractivity contribution is 5.84. The predicted octanol–water partition coefficient (Wildman–Crippen LogP) is 1.87. The van der Waals surface area contributed by atoms with E-state index < -0.39 is 4.92 Å². The van der Waals surface area contributed by atoms with Crippen LogP contribution in [0.1, 0.15) is 5.69 Å². The molecule has 7 nitrogen and oxygen atoms in total. The molecule has 2 aromatic rings. The van der Waals surface area contributed by atoms with E-state index in [2.05, 4.69) is 5.10 Å². The molecule has 0 N–H and O–H groups in total. The van der Waals surface area contributed by atoms with E-state index in [-0.39, 0.29) is 12.5 Å². The lowest BCUT2D eigenvalue weighted by atomic mass is 10.2. The summed E-state index contributed by atoms with van der Waals surface area (Å²) in [5, 5.41) is 15.9. The predicted molar refractivity (Wildman–Crippen MR) is 69.0 cm³/mol. The number of hydrogen-bond donors (Lipinski definition) is 0. The van der Waals surface area contributed by atoms with E-state index in [1.54, 1.807) is 23.9 Å². The van der Waals surface area contributed by atoms with Crippen LogP contribution in [0.15, 0.2) is 18.2 Å². The summed E-state index contributed by atoms with van der Waals surface area (Å²) < 4.78 is 11.8. The molecule has 0 aliphatic carbocycles. The molecule has 0 aliphatic heterocycles. The second-order valence-corrected chi connectivity index (χ2v) is 4.08. The third-order valence-electron chi connectivity index (χ3n) is 2.78. The van der Waals surface area contributed by atoms with Gasteiger partial charge in [-0.25, -0.2) is 0 Å². The lowest BCUT2D eigenvalue weighted by molar-refractivity contribution is -0.384. The molecule has 0 unspecified atom stereocenters. The Hall–Kier alpha value is -1.99. The van der Waals surface area contributed by atoms with Crippen LogP contribution in [0.4, 0.5) is 5.69 Å². The van der Waals surface area contributed by atoms with E-state index in [1.165, 1.54) is 6.07 Å². The van der Waals surface area contributed by atoms with Crippen LogP contribution in [0.25, 0.3) is 10.9 Å². The lowest BCUT2D eigenvalue weighted by Gasteiger charge is -2.04. The number of rotatable bonds is 6. The molecule has 0 spiro atoms. The van der Waals surface area contributed by atoms with Crippen LogP contribution < -0.4 is 0 Å². The van der Waals surface area contributed by atoms with Gasteiger partial charge in [-0.05, 0) is 13.0 Å². The van der Waals surface area contributed by atoms with Gasteiger partial charge in [0.25, 0.3) is 5.69 Å². The fourth-order valence-electron chi connectivity index (χ4n) is 1.90. The average molecular weight is 265 g/mol. The van der Waals surface area contributed by atoms with Crippen molar-refractivity contribution in [3.8, 4) is 0 Å². The van der Waals surface area contributed by atoms with Crippen molar-refractivity contribution < 1.29 is 14.4 Å². The molecule has 0 amide bonds. The van der Waals surface area contributed by atoms with Crippen molar-refractivity contribution in [2.75, 3.05) is 20.5 Å². The van der Waals surface area contributed by atoms with Crippen LogP contribution in [0, 0.1) is 17.0 Å². The molecule has 0 aliphatic rings. The fourth-order valence-corrected chi connectivity index (χ4v) is 1.90. The number of aromatic nitrogens is 2. The standard InChI is InChI=1S/C12H15N3O4/c1-9-11-7-10(15(16)17)3-4-12(11)14(13-9)5-6-19-8-18-2/h3-4,7H,5-6,8H2,1-2H3. The van der Waals surface area contributed by atoms with Crippen molar-refractivity contribution >= 4 is 16.6 Å². The van der Waals surface area contributed by atoms with E-state index in [9.17, 15) is 10.1 Å². The molecule has 0 saturated carbocycles. The second kappa shape index (κ2) is 5.77. The molecule has 0 bridgehead atoms. The number of non-ortho nitro benzene ring substituents is 1. The first-order valence-electron chi connectivity index (χ1n) is 5.81. The third-order valence-corrected chi connectivity index (χ3v) is 2.78. The van der Waals surface area contributed by atoms with Gasteiger partial charge in [-0.3, -0.25) is 14.8 Å². The number of benzene rings is 1. The van der Waals surface area contributed by atoms with Gasteiger partial charge in [0.1, 0.15) is 6.79 Å². The van der Waals surface area contributed by atoms with Gasteiger partial charge in [-0.15, -0.1) is 0 Å². The molecule has 1 aromatic carbocycles. The molecule has 0 atom stereocenters. The number of aryl methyl sites for hydroxylation is 1. The fraction of sp³-hybridized carbons (Fsp3) is 0.417. The molecule has 0 radical (unpaired) electrons. The largest absolute Gasteiger partial charge is 0.359 e. The number of nitro benzene ring substituents is 1. The number of nitro groups is 1. The van der Waals surface area contributed by atoms with E-state index in [0.29, 0.717) is 13.2 Å². The van der Waals surface area contributed by atoms with Gasteiger partial charge < -0.3 is 9.47 Å². The Labute approximate surface area is 109 Å². The number of hydrogen-bond acceptors (Lipinski definition) is 5. The molecule has 0 fully saturated rings. The molecular weight excluding hydrogens is 250 g/mol. The Morgan fingerprint density at radius 1 is 1.47 bits per heavy atom. The summed E-state index contributed by atoms with van der Waals surface area (Å²) in [5.74, 6) is 0. The van der Waals surface area contributed by atoms with Crippen molar-refractivity contribution in [2.45, 2.75) is 13.5 Å². The second-order valence-electron chi connectivity index (χ2n) is 4.08. The molecule has 102 valence electrons. The molecule has 0 saturated heterocycles. The molecule has 1 aromatic heterocycles. The Bertz CT molecular complexity index is 594. The van der Waals surface area contributed by atoms with Crippen molar-refractivity contribution in [2.24, 2.45) is 0 Å². The van der Waals surface area contributed by atoms with E-state index in [0.717, 1.165) is 16.6 Å². The minimum atomic E-state index is -0.405. The first-order chi connectivity index (χ1) is 9.13. The van der Waals surface area contributed by atoms with Crippen LogP contribution in [0.3, 0.4) is 0 Å². The molecule has 7 heteroatoms. The van der Waals surface area contributed by atoms with Crippen molar-refractivity contribution in [1.29, 1.82) is 0 Å². The Kier molecular flexibility index (Phi) is 4.08. The van der Waals surface area contributed by atoms with Gasteiger partial charge in [0.15, 0.2) is 0 Å². The monoisotopic (exact) mass is 265 g/mol. The first-order valence-corrected chi connectivity index (χ1v) is 5.81. The summed E-state index contributed by atoms with van der Waals surface area (Å²) in [6.07, 6.45) is 0. The third kappa shape index (κ3) is 2.88. The number of fused-ring (bicyclic) bond motifs is 1. The zero-order valence-electron chi connectivity index (χ0n) is 10.8. The van der Waals surface area contributed by atoms with Crippen LogP contribution in [-0.4, -0.2) is 35.2 Å². The smallest absolute Gasteiger partial charge is 0.270 e. The maximum atomic E-state index is 10.8. The first kappa shape index (κ1) is 13.4. The maximum absolute atomic E-state index is 10.8. The number of nitrogens with zero attached hydrogens (tertiary/aromatic N) is 3. The summed E-state index contributed by atoms with van der Waals surface area (Å²) in [6.45, 7) is 3.12. The quantitative estimate of drug-likeness (QED) is 0.345. The van der Waals surface area contributed by atoms with E-state index in [1.807, 2.05) is 6.92 Å². The van der Waals surface area contributed by atoms with Gasteiger partial charge >= 0.3 is 0 Å². The zero-order chi connectivity index (χ0) is 13.8. The van der Waals surface area contributed by atoms with Gasteiger partial charge in [0, 0.05) is 24.6 Å². The lowest BCUT2D eigenvalue weighted by Crippen LogP contribution is -2.08. The number of methoxy groups -OCH3 is 1. The Balaban J connectivity index is 2.24. The van der Waals surface area contributed by atoms with Crippen molar-refractivity contribution in [3.05, 3.63) is 34.0 Å². The van der Waals surface area contributed by atoms with Crippen LogP contribution >= 0.6 is 0 Å². The highest BCUT2D eigenvalue weighted by atomic mass is 16.7. The Morgan fingerprint density at radius 2 is 2.26 bits per heavy atom. The highest BCUT2D eigenvalue weighted by Crippen LogP contribution is 2.23. The van der Waals surface area contributed by atoms with Crippen molar-refractivity contribution in [1.82, 2.24) is 9.78 Å². The summed E-state index contributed by atoms with van der Waals surface area (Å²) in [5.41, 5.74) is 1.71. The summed E-state index contributed by atoms with van der Waals surface area (Å²) in [4.78, 5) is 10.3. The van der Waals surface area contributed by atoms with Gasteiger partial charge in [-0.2, -0.15) is 5.10 Å². The molecular formula is C12H15N3O4. The van der Waals surface area contributed by atoms with Crippen LogP contribution in [-0.2, 0) is 16.0 Å². The average Bonchev–Trinajstić information content (AvgIpc) is 2.71. The maximum Gasteiger partial charge on any atom is 0.270 e. The molecule has 2 rings (SSSR count). The SMILES string of the molecule is COCOCCn1nc(C)c2cc([N+](=O)[O-])ccc21. The van der Waals surface area contributed by atoms with Gasteiger partial charge in [0.2, 0.25) is 0 Å². The normalized spacial score (nSPS) is 11.1. The minimum absolute atomic E-state index is 0.0748. The minimum Gasteiger partial charge on any atom is -0.359 e. The van der Waals surface area contributed by atoms with Gasteiger partial charge in [-0.1, -0.05) is 0 Å². The number of ether oxygens (including phenoxy) is 2. The van der Waals surface area contributed by atoms with Crippen LogP contribution in [0.2, 0.25) is 0 Å². The topological polar surface area (TPSA) is 79.4 Å². The van der Waals surface area contributed by atoms with Crippen molar-refractivity contribution in [3.63, 3.8) is 0 Å². The molecule has 19 heavy (non-hydrogen) atoms. The summed E-state index contributed by atoms with van der Waals surface area (Å²) >= 11 is 0. The Morgan fingerprint density at radius 3 is 2.95 bits per heavy atom. The summed E-state index contributed by atoms with van der Waals surface area (Å²) in [7, 11) is 1.56. The van der Waals surface area contributed by atoms with Crippen LogP contribution in [0.5, 0.6) is 0 Å². The summed E-state index contributed by atoms with van der Waals surface area (Å²) in [6, 6.07) is 4.74. The zero-order valence-corrected chi connectivity index (χ0v) is 10.8. The van der Waals surface area contributed by atoms with Gasteiger partial charge in [0.05, 0.1) is 29.3 Å².